The Bertz CT molecular complexity index is 472. The van der Waals surface area contributed by atoms with Crippen molar-refractivity contribution >= 4 is 28.3 Å². The lowest BCUT2D eigenvalue weighted by atomic mass is 9.96. The summed E-state index contributed by atoms with van der Waals surface area (Å²) in [5, 5.41) is 3.23. The van der Waals surface area contributed by atoms with Crippen LogP contribution < -0.4 is 5.32 Å². The van der Waals surface area contributed by atoms with E-state index in [4.69, 9.17) is 0 Å². The van der Waals surface area contributed by atoms with Gasteiger partial charge in [-0.05, 0) is 39.7 Å². The van der Waals surface area contributed by atoms with Crippen molar-refractivity contribution < 1.29 is 13.2 Å². The molecule has 8 heteroatoms. The number of rotatable bonds is 4. The van der Waals surface area contributed by atoms with E-state index in [0.717, 1.165) is 38.8 Å². The largest absolute Gasteiger partial charge is 0.341 e. The third-order valence-electron chi connectivity index (χ3n) is 4.63. The van der Waals surface area contributed by atoms with Gasteiger partial charge in [0, 0.05) is 32.2 Å². The molecule has 2 saturated heterocycles. The summed E-state index contributed by atoms with van der Waals surface area (Å²) in [6.45, 7) is 4.11. The number of carbonyl (C=O) groups is 1. The predicted molar refractivity (Wildman–Crippen MR) is 89.7 cm³/mol. The van der Waals surface area contributed by atoms with Crippen LogP contribution in [0.3, 0.4) is 0 Å². The average molecular weight is 354 g/mol. The number of hydrogen-bond acceptors (Lipinski definition) is 4. The Kier molecular flexibility index (Phi) is 7.58. The molecule has 0 bridgehead atoms. The lowest BCUT2D eigenvalue weighted by Crippen LogP contribution is -2.52. The van der Waals surface area contributed by atoms with Crippen LogP contribution in [0, 0.1) is 5.92 Å². The molecule has 2 unspecified atom stereocenters. The van der Waals surface area contributed by atoms with E-state index < -0.39 is 10.0 Å². The maximum atomic E-state index is 12.7. The molecule has 2 atom stereocenters. The molecule has 0 aromatic rings. The van der Waals surface area contributed by atoms with Gasteiger partial charge in [-0.15, -0.1) is 12.4 Å². The topological polar surface area (TPSA) is 69.7 Å². The molecule has 2 fully saturated rings. The third-order valence-corrected chi connectivity index (χ3v) is 6.48. The van der Waals surface area contributed by atoms with Crippen LogP contribution in [-0.4, -0.2) is 68.6 Å². The molecule has 0 radical (unpaired) electrons. The molecule has 2 aliphatic heterocycles. The molecule has 0 aromatic heterocycles. The second-order valence-electron chi connectivity index (χ2n) is 6.01. The Balaban J connectivity index is 0.00000242. The Morgan fingerprint density at radius 3 is 2.50 bits per heavy atom. The minimum Gasteiger partial charge on any atom is -0.341 e. The fourth-order valence-electron chi connectivity index (χ4n) is 3.25. The molecule has 1 N–H and O–H groups in total. The van der Waals surface area contributed by atoms with Crippen molar-refractivity contribution in [3.05, 3.63) is 0 Å². The summed E-state index contributed by atoms with van der Waals surface area (Å²) in [5.74, 6) is 0.0704. The molecule has 0 aliphatic carbocycles. The summed E-state index contributed by atoms with van der Waals surface area (Å²) in [5.41, 5.74) is 0. The first-order valence-electron chi connectivity index (χ1n) is 7.91. The quantitative estimate of drug-likeness (QED) is 0.807. The highest BCUT2D eigenvalue weighted by atomic mass is 35.5. The number of nitrogens with one attached hydrogen (secondary N) is 1. The van der Waals surface area contributed by atoms with Crippen molar-refractivity contribution in [1.82, 2.24) is 14.5 Å². The number of piperidine rings is 2. The number of nitrogens with zero attached hydrogens (tertiary/aromatic N) is 2. The number of halogens is 1. The monoisotopic (exact) mass is 353 g/mol. The van der Waals surface area contributed by atoms with Crippen molar-refractivity contribution in [2.45, 2.75) is 38.6 Å². The maximum Gasteiger partial charge on any atom is 0.227 e. The molecule has 1 amide bonds. The predicted octanol–water partition coefficient (Wildman–Crippen LogP) is 0.680. The lowest BCUT2D eigenvalue weighted by Gasteiger charge is -2.37. The lowest BCUT2D eigenvalue weighted by molar-refractivity contribution is -0.138. The maximum absolute atomic E-state index is 12.7. The molecule has 0 aromatic carbocycles. The van der Waals surface area contributed by atoms with Crippen molar-refractivity contribution in [2.24, 2.45) is 5.92 Å². The van der Waals surface area contributed by atoms with Crippen molar-refractivity contribution in [3.8, 4) is 0 Å². The minimum atomic E-state index is -3.18. The van der Waals surface area contributed by atoms with E-state index in [1.54, 1.807) is 6.92 Å². The van der Waals surface area contributed by atoms with Gasteiger partial charge in [0.25, 0.3) is 0 Å². The molecule has 0 spiro atoms. The number of carbonyl (C=O) groups excluding carboxylic acids is 1. The SMILES string of the molecule is CCS(=O)(=O)N1CCCC(C(=O)N2CCCC(NC)C2)C1.Cl. The van der Waals surface area contributed by atoms with Crippen LogP contribution in [0.2, 0.25) is 0 Å². The van der Waals surface area contributed by atoms with Gasteiger partial charge in [0.15, 0.2) is 0 Å². The van der Waals surface area contributed by atoms with Gasteiger partial charge in [-0.1, -0.05) is 0 Å². The highest BCUT2D eigenvalue weighted by Gasteiger charge is 2.34. The number of likely N-dealkylation sites (tertiary alicyclic amines) is 1. The van der Waals surface area contributed by atoms with E-state index >= 15 is 0 Å². The van der Waals surface area contributed by atoms with E-state index in [1.807, 2.05) is 11.9 Å². The summed E-state index contributed by atoms with van der Waals surface area (Å²) in [6.07, 6.45) is 3.69. The smallest absolute Gasteiger partial charge is 0.227 e. The van der Waals surface area contributed by atoms with Gasteiger partial charge in [-0.2, -0.15) is 0 Å². The summed E-state index contributed by atoms with van der Waals surface area (Å²) >= 11 is 0. The number of likely N-dealkylation sites (N-methyl/N-ethyl adjacent to an activating group) is 1. The van der Waals surface area contributed by atoms with Gasteiger partial charge in [-0.3, -0.25) is 4.79 Å². The van der Waals surface area contributed by atoms with Gasteiger partial charge < -0.3 is 10.2 Å². The van der Waals surface area contributed by atoms with Crippen LogP contribution in [0.15, 0.2) is 0 Å². The van der Waals surface area contributed by atoms with Crippen LogP contribution in [0.4, 0.5) is 0 Å². The van der Waals surface area contributed by atoms with Gasteiger partial charge in [-0.25, -0.2) is 12.7 Å². The van der Waals surface area contributed by atoms with Crippen LogP contribution >= 0.6 is 12.4 Å². The first-order valence-corrected chi connectivity index (χ1v) is 9.52. The van der Waals surface area contributed by atoms with E-state index in [1.165, 1.54) is 4.31 Å². The van der Waals surface area contributed by atoms with Crippen molar-refractivity contribution in [3.63, 3.8) is 0 Å². The van der Waals surface area contributed by atoms with Crippen LogP contribution in [-0.2, 0) is 14.8 Å². The standard InChI is InChI=1S/C14H27N3O3S.ClH/c1-3-21(19,20)17-9-4-6-12(10-17)14(18)16-8-5-7-13(11-16)15-2;/h12-13,15H,3-11H2,1-2H3;1H. The summed E-state index contributed by atoms with van der Waals surface area (Å²) in [7, 11) is -1.26. The molecule has 2 aliphatic rings. The average Bonchev–Trinajstić information content (AvgIpc) is 2.54. The van der Waals surface area contributed by atoms with E-state index in [2.05, 4.69) is 5.32 Å². The molecule has 2 rings (SSSR count). The second-order valence-corrected chi connectivity index (χ2v) is 8.27. The van der Waals surface area contributed by atoms with Crippen molar-refractivity contribution in [1.29, 1.82) is 0 Å². The first kappa shape index (κ1) is 19.7. The van der Waals surface area contributed by atoms with Gasteiger partial charge in [0.05, 0.1) is 11.7 Å². The van der Waals surface area contributed by atoms with Gasteiger partial charge in [0.2, 0.25) is 15.9 Å². The Hall–Kier alpha value is -0.370. The number of amides is 1. The van der Waals surface area contributed by atoms with Gasteiger partial charge >= 0.3 is 0 Å². The van der Waals surface area contributed by atoms with E-state index in [0.29, 0.717) is 19.1 Å². The van der Waals surface area contributed by atoms with Gasteiger partial charge in [0.1, 0.15) is 0 Å². The highest BCUT2D eigenvalue weighted by molar-refractivity contribution is 7.89. The Morgan fingerprint density at radius 1 is 1.18 bits per heavy atom. The van der Waals surface area contributed by atoms with Crippen LogP contribution in [0.1, 0.15) is 32.6 Å². The Morgan fingerprint density at radius 2 is 1.86 bits per heavy atom. The molecule has 6 nitrogen and oxygen atoms in total. The van der Waals surface area contributed by atoms with E-state index in [9.17, 15) is 13.2 Å². The molecule has 2 heterocycles. The molecule has 22 heavy (non-hydrogen) atoms. The molecule has 0 saturated carbocycles. The summed E-state index contributed by atoms with van der Waals surface area (Å²) in [4.78, 5) is 14.6. The normalized spacial score (nSPS) is 27.3. The number of hydrogen-bond donors (Lipinski definition) is 1. The van der Waals surface area contributed by atoms with Crippen LogP contribution in [0.25, 0.3) is 0 Å². The zero-order valence-electron chi connectivity index (χ0n) is 13.5. The van der Waals surface area contributed by atoms with Crippen LogP contribution in [0.5, 0.6) is 0 Å². The second kappa shape index (κ2) is 8.47. The first-order chi connectivity index (χ1) is 9.97. The summed E-state index contributed by atoms with van der Waals surface area (Å²) < 4.78 is 25.5. The van der Waals surface area contributed by atoms with Crippen molar-refractivity contribution in [2.75, 3.05) is 39.0 Å². The molecular weight excluding hydrogens is 326 g/mol. The molecule has 130 valence electrons. The molecular formula is C14H28ClN3O3S. The fourth-order valence-corrected chi connectivity index (χ4v) is 4.43. The minimum absolute atomic E-state index is 0. The van der Waals surface area contributed by atoms with E-state index in [-0.39, 0.29) is 30.0 Å². The zero-order valence-corrected chi connectivity index (χ0v) is 15.1. The fraction of sp³-hybridized carbons (Fsp3) is 0.929. The number of sulfonamides is 1. The Labute approximate surface area is 140 Å². The summed E-state index contributed by atoms with van der Waals surface area (Å²) in [6, 6.07) is 0.363. The third kappa shape index (κ3) is 4.57. The zero-order chi connectivity index (χ0) is 15.5. The highest BCUT2D eigenvalue weighted by Crippen LogP contribution is 2.23.